The molecule has 0 saturated carbocycles. The molecule has 0 rings (SSSR count). The van der Waals surface area contributed by atoms with Gasteiger partial charge in [0.15, 0.2) is 11.5 Å². The van der Waals surface area contributed by atoms with Gasteiger partial charge in [0.05, 0.1) is 0 Å². The number of hydrogen-bond donors (Lipinski definition) is 2. The van der Waals surface area contributed by atoms with E-state index in [-0.39, 0.29) is 5.71 Å². The monoisotopic (exact) mass is 183 g/mol. The van der Waals surface area contributed by atoms with E-state index < -0.39 is 5.91 Å². The quantitative estimate of drug-likeness (QED) is 0.335. The molecule has 72 valence electrons. The van der Waals surface area contributed by atoms with E-state index in [1.54, 1.807) is 14.1 Å². The maximum atomic E-state index is 11.2. The van der Waals surface area contributed by atoms with Crippen LogP contribution in [0, 0.1) is 0 Å². The molecule has 6 nitrogen and oxygen atoms in total. The molecule has 0 aliphatic rings. The standard InChI is InChI=1S/C7H13N5O/c1-8-5(6(9-2)10-3)7(13)12-11-4/h4H2,1-3H3,(H,9,10)(H,12,13). The van der Waals surface area contributed by atoms with Crippen LogP contribution < -0.4 is 10.7 Å². The lowest BCUT2D eigenvalue weighted by Gasteiger charge is -2.05. The number of nitrogens with zero attached hydrogens (tertiary/aromatic N) is 3. The largest absolute Gasteiger partial charge is 0.371 e. The predicted molar refractivity (Wildman–Crippen MR) is 53.5 cm³/mol. The lowest BCUT2D eigenvalue weighted by molar-refractivity contribution is -0.114. The summed E-state index contributed by atoms with van der Waals surface area (Å²) in [4.78, 5) is 18.8. The molecule has 0 saturated heterocycles. The van der Waals surface area contributed by atoms with Crippen LogP contribution in [0.1, 0.15) is 0 Å². The molecule has 0 radical (unpaired) electrons. The first-order valence-electron chi connectivity index (χ1n) is 3.59. The van der Waals surface area contributed by atoms with Crippen molar-refractivity contribution in [3.8, 4) is 0 Å². The van der Waals surface area contributed by atoms with E-state index in [2.05, 4.69) is 32.5 Å². The highest BCUT2D eigenvalue weighted by Crippen LogP contribution is 1.82. The molecule has 0 bridgehead atoms. The van der Waals surface area contributed by atoms with Gasteiger partial charge < -0.3 is 5.32 Å². The zero-order valence-electron chi connectivity index (χ0n) is 7.96. The molecule has 6 heteroatoms. The van der Waals surface area contributed by atoms with Gasteiger partial charge in [0.2, 0.25) is 0 Å². The van der Waals surface area contributed by atoms with E-state index in [1.807, 2.05) is 0 Å². The number of amidine groups is 1. The molecular weight excluding hydrogens is 170 g/mol. The third-order valence-corrected chi connectivity index (χ3v) is 1.30. The van der Waals surface area contributed by atoms with Gasteiger partial charge in [0.25, 0.3) is 5.91 Å². The third-order valence-electron chi connectivity index (χ3n) is 1.30. The Morgan fingerprint density at radius 1 is 1.31 bits per heavy atom. The summed E-state index contributed by atoms with van der Waals surface area (Å²) in [7, 11) is 4.72. The summed E-state index contributed by atoms with van der Waals surface area (Å²) < 4.78 is 0. The Hall–Kier alpha value is -1.72. The smallest absolute Gasteiger partial charge is 0.293 e. The van der Waals surface area contributed by atoms with Gasteiger partial charge in [0, 0.05) is 27.9 Å². The van der Waals surface area contributed by atoms with Crippen molar-refractivity contribution in [2.75, 3.05) is 21.1 Å². The average Bonchev–Trinajstić information content (AvgIpc) is 2.14. The number of aliphatic imine (C=N–C) groups is 2. The molecule has 0 unspecified atom stereocenters. The van der Waals surface area contributed by atoms with Gasteiger partial charge in [-0.3, -0.25) is 14.8 Å². The topological polar surface area (TPSA) is 78.2 Å². The van der Waals surface area contributed by atoms with Crippen LogP contribution in [0.4, 0.5) is 0 Å². The zero-order chi connectivity index (χ0) is 10.3. The van der Waals surface area contributed by atoms with Gasteiger partial charge in [-0.05, 0) is 0 Å². The second kappa shape index (κ2) is 5.87. The highest BCUT2D eigenvalue weighted by atomic mass is 16.2. The van der Waals surface area contributed by atoms with Gasteiger partial charge >= 0.3 is 0 Å². The van der Waals surface area contributed by atoms with E-state index >= 15 is 0 Å². The van der Waals surface area contributed by atoms with Crippen molar-refractivity contribution in [1.82, 2.24) is 10.7 Å². The minimum atomic E-state index is -0.438. The van der Waals surface area contributed by atoms with Crippen LogP contribution in [-0.2, 0) is 4.79 Å². The Morgan fingerprint density at radius 3 is 2.23 bits per heavy atom. The van der Waals surface area contributed by atoms with E-state index in [1.165, 1.54) is 7.05 Å². The Morgan fingerprint density at radius 2 is 1.92 bits per heavy atom. The molecule has 2 N–H and O–H groups in total. The molecule has 13 heavy (non-hydrogen) atoms. The molecule has 0 aromatic heterocycles. The number of carbonyl (C=O) groups excluding carboxylic acids is 1. The van der Waals surface area contributed by atoms with Gasteiger partial charge in [-0.15, -0.1) is 0 Å². The number of amides is 1. The van der Waals surface area contributed by atoms with E-state index in [4.69, 9.17) is 0 Å². The van der Waals surface area contributed by atoms with Gasteiger partial charge in [0.1, 0.15) is 0 Å². The molecule has 0 aliphatic carbocycles. The maximum Gasteiger partial charge on any atom is 0.293 e. The fraction of sp³-hybridized carbons (Fsp3) is 0.429. The van der Waals surface area contributed by atoms with Gasteiger partial charge in [-0.2, -0.15) is 5.10 Å². The lowest BCUT2D eigenvalue weighted by Crippen LogP contribution is -2.39. The summed E-state index contributed by atoms with van der Waals surface area (Å²) in [6, 6.07) is 0. The van der Waals surface area contributed by atoms with Crippen molar-refractivity contribution in [2.45, 2.75) is 0 Å². The number of nitrogens with one attached hydrogen (secondary N) is 2. The summed E-state index contributed by atoms with van der Waals surface area (Å²) in [5, 5.41) is 5.98. The van der Waals surface area contributed by atoms with Crippen LogP contribution >= 0.6 is 0 Å². The third kappa shape index (κ3) is 3.02. The van der Waals surface area contributed by atoms with Crippen LogP contribution in [0.25, 0.3) is 0 Å². The number of hydrazone groups is 1. The Bertz CT molecular complexity index is 256. The minimum Gasteiger partial charge on any atom is -0.371 e. The Balaban J connectivity index is 4.71. The zero-order valence-corrected chi connectivity index (χ0v) is 7.96. The normalized spacial score (nSPS) is 12.2. The molecular formula is C7H13N5O. The van der Waals surface area contributed by atoms with Crippen molar-refractivity contribution < 1.29 is 4.79 Å². The first kappa shape index (κ1) is 11.3. The summed E-state index contributed by atoms with van der Waals surface area (Å²) in [5.41, 5.74) is 2.36. The summed E-state index contributed by atoms with van der Waals surface area (Å²) >= 11 is 0. The van der Waals surface area contributed by atoms with Crippen LogP contribution in [0.5, 0.6) is 0 Å². The molecule has 0 heterocycles. The van der Waals surface area contributed by atoms with Crippen molar-refractivity contribution in [3.05, 3.63) is 0 Å². The molecule has 0 atom stereocenters. The minimum absolute atomic E-state index is 0.192. The fourth-order valence-corrected chi connectivity index (χ4v) is 0.776. The second-order valence-electron chi connectivity index (χ2n) is 1.99. The molecule has 0 aromatic rings. The maximum absolute atomic E-state index is 11.2. The molecule has 0 fully saturated rings. The van der Waals surface area contributed by atoms with Crippen LogP contribution in [0.3, 0.4) is 0 Å². The van der Waals surface area contributed by atoms with Gasteiger partial charge in [-0.1, -0.05) is 0 Å². The Labute approximate surface area is 76.8 Å². The van der Waals surface area contributed by atoms with Crippen molar-refractivity contribution in [1.29, 1.82) is 0 Å². The summed E-state index contributed by atoms with van der Waals surface area (Å²) in [6.07, 6.45) is 0. The van der Waals surface area contributed by atoms with Crippen molar-refractivity contribution in [2.24, 2.45) is 15.1 Å². The van der Waals surface area contributed by atoms with Crippen molar-refractivity contribution in [3.63, 3.8) is 0 Å². The summed E-state index contributed by atoms with van der Waals surface area (Å²) in [5.74, 6) is -0.0314. The van der Waals surface area contributed by atoms with E-state index in [0.717, 1.165) is 0 Å². The lowest BCUT2D eigenvalue weighted by atomic mass is 10.3. The molecule has 1 amide bonds. The number of hydrogen-bond acceptors (Lipinski definition) is 4. The van der Waals surface area contributed by atoms with Crippen molar-refractivity contribution >= 4 is 24.2 Å². The number of rotatable bonds is 3. The van der Waals surface area contributed by atoms with E-state index in [0.29, 0.717) is 5.84 Å². The molecule has 0 aromatic carbocycles. The summed E-state index contributed by atoms with van der Waals surface area (Å²) in [6.45, 7) is 3.13. The predicted octanol–water partition coefficient (Wildman–Crippen LogP) is -0.963. The highest BCUT2D eigenvalue weighted by Gasteiger charge is 2.14. The fourth-order valence-electron chi connectivity index (χ4n) is 0.776. The number of carbonyl (C=O) groups is 1. The average molecular weight is 183 g/mol. The molecule has 0 aliphatic heterocycles. The molecule has 0 spiro atoms. The van der Waals surface area contributed by atoms with Crippen LogP contribution in [0.2, 0.25) is 0 Å². The first-order chi connectivity index (χ1) is 6.21. The highest BCUT2D eigenvalue weighted by molar-refractivity contribution is 6.66. The second-order valence-corrected chi connectivity index (χ2v) is 1.99. The first-order valence-corrected chi connectivity index (χ1v) is 3.59. The van der Waals surface area contributed by atoms with Crippen LogP contribution in [-0.4, -0.2) is 45.3 Å². The van der Waals surface area contributed by atoms with E-state index in [9.17, 15) is 4.79 Å². The van der Waals surface area contributed by atoms with Gasteiger partial charge in [-0.25, -0.2) is 5.43 Å². The Kier molecular flexibility index (Phi) is 5.09. The van der Waals surface area contributed by atoms with Crippen LogP contribution in [0.15, 0.2) is 15.1 Å². The SMILES string of the molecule is C=NNC(=O)C(=NC)C(=NC)NC.